The summed E-state index contributed by atoms with van der Waals surface area (Å²) >= 11 is 0. The number of aliphatic carboxylic acids is 1. The van der Waals surface area contributed by atoms with Gasteiger partial charge in [-0.05, 0) is 24.5 Å². The van der Waals surface area contributed by atoms with Gasteiger partial charge in [0, 0.05) is 13.0 Å². The average Bonchev–Trinajstić information content (AvgIpc) is 2.34. The first-order valence-electron chi connectivity index (χ1n) is 5.80. The van der Waals surface area contributed by atoms with E-state index >= 15 is 0 Å². The van der Waals surface area contributed by atoms with Gasteiger partial charge in [0.2, 0.25) is 5.91 Å². The molecule has 1 atom stereocenters. The number of carboxylic acid groups (broad SMARTS) is 1. The van der Waals surface area contributed by atoms with E-state index in [1.807, 2.05) is 31.2 Å². The first-order chi connectivity index (χ1) is 8.50. The van der Waals surface area contributed by atoms with Crippen molar-refractivity contribution in [2.45, 2.75) is 32.4 Å². The van der Waals surface area contributed by atoms with Crippen LogP contribution in [-0.2, 0) is 16.1 Å². The fraction of sp³-hybridized carbons (Fsp3) is 0.385. The zero-order valence-electron chi connectivity index (χ0n) is 10.3. The van der Waals surface area contributed by atoms with Crippen LogP contribution in [0.15, 0.2) is 24.3 Å². The lowest BCUT2D eigenvalue weighted by Gasteiger charge is -2.09. The molecule has 0 heterocycles. The van der Waals surface area contributed by atoms with Crippen molar-refractivity contribution in [2.24, 2.45) is 5.73 Å². The van der Waals surface area contributed by atoms with E-state index < -0.39 is 12.0 Å². The molecule has 1 amide bonds. The first kappa shape index (κ1) is 14.2. The predicted molar refractivity (Wildman–Crippen MR) is 67.9 cm³/mol. The van der Waals surface area contributed by atoms with Crippen molar-refractivity contribution in [3.05, 3.63) is 35.4 Å². The molecule has 1 unspecified atom stereocenters. The third-order valence-corrected chi connectivity index (χ3v) is 2.74. The third kappa shape index (κ3) is 4.55. The minimum Gasteiger partial charge on any atom is -0.480 e. The lowest BCUT2D eigenvalue weighted by molar-refractivity contribution is -0.138. The number of rotatable bonds is 6. The number of hydrogen-bond acceptors (Lipinski definition) is 3. The highest BCUT2D eigenvalue weighted by molar-refractivity contribution is 5.78. The molecule has 1 rings (SSSR count). The second-order valence-electron chi connectivity index (χ2n) is 4.19. The standard InChI is InChI=1S/C13H18N2O3/c1-9-4-2-3-5-10(9)8-15-12(16)7-6-11(14)13(17)18/h2-5,11H,6-8,14H2,1H3,(H,15,16)(H,17,18). The summed E-state index contributed by atoms with van der Waals surface area (Å²) in [6.07, 6.45) is 0.272. The van der Waals surface area contributed by atoms with Crippen molar-refractivity contribution in [3.8, 4) is 0 Å². The van der Waals surface area contributed by atoms with E-state index in [9.17, 15) is 9.59 Å². The second kappa shape index (κ2) is 6.76. The van der Waals surface area contributed by atoms with Crippen molar-refractivity contribution < 1.29 is 14.7 Å². The lowest BCUT2D eigenvalue weighted by atomic mass is 10.1. The highest BCUT2D eigenvalue weighted by Gasteiger charge is 2.13. The average molecular weight is 250 g/mol. The van der Waals surface area contributed by atoms with Crippen LogP contribution < -0.4 is 11.1 Å². The normalized spacial score (nSPS) is 11.9. The summed E-state index contributed by atoms with van der Waals surface area (Å²) in [5, 5.41) is 11.3. The Morgan fingerprint density at radius 3 is 2.67 bits per heavy atom. The van der Waals surface area contributed by atoms with Crippen molar-refractivity contribution in [3.63, 3.8) is 0 Å². The Balaban J connectivity index is 2.34. The van der Waals surface area contributed by atoms with E-state index in [2.05, 4.69) is 5.32 Å². The summed E-state index contributed by atoms with van der Waals surface area (Å²) in [6.45, 7) is 2.43. The van der Waals surface area contributed by atoms with Gasteiger partial charge in [-0.2, -0.15) is 0 Å². The number of carbonyl (C=O) groups excluding carboxylic acids is 1. The molecule has 1 aromatic carbocycles. The summed E-state index contributed by atoms with van der Waals surface area (Å²) in [4.78, 5) is 22.0. The van der Waals surface area contributed by atoms with Gasteiger partial charge in [-0.1, -0.05) is 24.3 Å². The molecule has 4 N–H and O–H groups in total. The monoisotopic (exact) mass is 250 g/mol. The topological polar surface area (TPSA) is 92.4 Å². The fourth-order valence-corrected chi connectivity index (χ4v) is 1.50. The maximum atomic E-state index is 11.5. The molecule has 0 spiro atoms. The number of amides is 1. The lowest BCUT2D eigenvalue weighted by Crippen LogP contribution is -2.32. The molecule has 5 heteroatoms. The molecule has 0 saturated carbocycles. The summed E-state index contributed by atoms with van der Waals surface area (Å²) in [7, 11) is 0. The Kier molecular flexibility index (Phi) is 5.32. The second-order valence-corrected chi connectivity index (χ2v) is 4.19. The van der Waals surface area contributed by atoms with E-state index in [0.717, 1.165) is 11.1 Å². The largest absolute Gasteiger partial charge is 0.480 e. The Labute approximate surface area is 106 Å². The zero-order valence-corrected chi connectivity index (χ0v) is 10.3. The van der Waals surface area contributed by atoms with E-state index in [4.69, 9.17) is 10.8 Å². The highest BCUT2D eigenvalue weighted by Crippen LogP contribution is 2.06. The molecule has 0 saturated heterocycles. The Morgan fingerprint density at radius 2 is 2.06 bits per heavy atom. The maximum absolute atomic E-state index is 11.5. The van der Waals surface area contributed by atoms with Gasteiger partial charge in [-0.15, -0.1) is 0 Å². The van der Waals surface area contributed by atoms with Gasteiger partial charge in [0.1, 0.15) is 6.04 Å². The van der Waals surface area contributed by atoms with Gasteiger partial charge < -0.3 is 16.2 Å². The van der Waals surface area contributed by atoms with Crippen LogP contribution in [0.3, 0.4) is 0 Å². The number of aryl methyl sites for hydroxylation is 1. The molecule has 0 aliphatic rings. The van der Waals surface area contributed by atoms with Crippen LogP contribution in [-0.4, -0.2) is 23.0 Å². The van der Waals surface area contributed by atoms with Crippen molar-refractivity contribution in [2.75, 3.05) is 0 Å². The molecular formula is C13H18N2O3. The molecule has 0 aliphatic carbocycles. The molecule has 18 heavy (non-hydrogen) atoms. The zero-order chi connectivity index (χ0) is 13.5. The fourth-order valence-electron chi connectivity index (χ4n) is 1.50. The van der Waals surface area contributed by atoms with Gasteiger partial charge in [0.05, 0.1) is 0 Å². The van der Waals surface area contributed by atoms with Crippen LogP contribution in [0.1, 0.15) is 24.0 Å². The van der Waals surface area contributed by atoms with Gasteiger partial charge >= 0.3 is 5.97 Å². The number of nitrogens with one attached hydrogen (secondary N) is 1. The van der Waals surface area contributed by atoms with Crippen LogP contribution in [0.5, 0.6) is 0 Å². The quantitative estimate of drug-likeness (QED) is 0.696. The number of carboxylic acids is 1. The predicted octanol–water partition coefficient (Wildman–Crippen LogP) is 0.803. The third-order valence-electron chi connectivity index (χ3n) is 2.74. The first-order valence-corrected chi connectivity index (χ1v) is 5.80. The van der Waals surface area contributed by atoms with Crippen LogP contribution in [0, 0.1) is 6.92 Å². The van der Waals surface area contributed by atoms with E-state index in [1.165, 1.54) is 0 Å². The number of nitrogens with two attached hydrogens (primary N) is 1. The van der Waals surface area contributed by atoms with Crippen LogP contribution in [0.2, 0.25) is 0 Å². The van der Waals surface area contributed by atoms with E-state index in [1.54, 1.807) is 0 Å². The molecule has 0 aromatic heterocycles. The number of carbonyl (C=O) groups is 2. The van der Waals surface area contributed by atoms with E-state index in [0.29, 0.717) is 6.54 Å². The van der Waals surface area contributed by atoms with Gasteiger partial charge in [0.25, 0.3) is 0 Å². The Morgan fingerprint density at radius 1 is 1.39 bits per heavy atom. The van der Waals surface area contributed by atoms with Crippen LogP contribution in [0.4, 0.5) is 0 Å². The SMILES string of the molecule is Cc1ccccc1CNC(=O)CCC(N)C(=O)O. The molecule has 0 radical (unpaired) electrons. The van der Waals surface area contributed by atoms with Crippen molar-refractivity contribution in [1.82, 2.24) is 5.32 Å². The molecule has 98 valence electrons. The van der Waals surface area contributed by atoms with Crippen molar-refractivity contribution in [1.29, 1.82) is 0 Å². The smallest absolute Gasteiger partial charge is 0.320 e. The minimum atomic E-state index is -1.08. The minimum absolute atomic E-state index is 0.124. The molecule has 1 aromatic rings. The van der Waals surface area contributed by atoms with Crippen LogP contribution >= 0.6 is 0 Å². The maximum Gasteiger partial charge on any atom is 0.320 e. The molecule has 0 bridgehead atoms. The van der Waals surface area contributed by atoms with Crippen LogP contribution in [0.25, 0.3) is 0 Å². The molecule has 5 nitrogen and oxygen atoms in total. The summed E-state index contributed by atoms with van der Waals surface area (Å²) in [5.74, 6) is -1.27. The van der Waals surface area contributed by atoms with Gasteiger partial charge in [-0.3, -0.25) is 9.59 Å². The Hall–Kier alpha value is -1.88. The summed E-state index contributed by atoms with van der Waals surface area (Å²) in [5.41, 5.74) is 7.48. The summed E-state index contributed by atoms with van der Waals surface area (Å²) in [6, 6.07) is 6.79. The Bertz CT molecular complexity index is 432. The molecule has 0 aliphatic heterocycles. The number of hydrogen-bond donors (Lipinski definition) is 3. The van der Waals surface area contributed by atoms with E-state index in [-0.39, 0.29) is 18.7 Å². The summed E-state index contributed by atoms with van der Waals surface area (Å²) < 4.78 is 0. The molecular weight excluding hydrogens is 232 g/mol. The molecule has 0 fully saturated rings. The van der Waals surface area contributed by atoms with Gasteiger partial charge in [-0.25, -0.2) is 0 Å². The van der Waals surface area contributed by atoms with Crippen molar-refractivity contribution >= 4 is 11.9 Å². The highest BCUT2D eigenvalue weighted by atomic mass is 16.4. The van der Waals surface area contributed by atoms with Gasteiger partial charge in [0.15, 0.2) is 0 Å². The number of benzene rings is 1.